The smallest absolute Gasteiger partial charge is 0.246 e. The van der Waals surface area contributed by atoms with Gasteiger partial charge in [-0.25, -0.2) is 4.98 Å². The Labute approximate surface area is 194 Å². The van der Waals surface area contributed by atoms with Gasteiger partial charge in [-0.2, -0.15) is 5.10 Å². The van der Waals surface area contributed by atoms with E-state index in [1.807, 2.05) is 29.5 Å². The fourth-order valence-corrected chi connectivity index (χ4v) is 4.67. The molecule has 1 aromatic carbocycles. The molecular weight excluding hydrogens is 418 g/mol. The molecule has 1 saturated heterocycles. The van der Waals surface area contributed by atoms with E-state index in [0.717, 1.165) is 66.9 Å². The molecule has 0 atom stereocenters. The monoisotopic (exact) mass is 449 g/mol. The van der Waals surface area contributed by atoms with Crippen molar-refractivity contribution in [3.05, 3.63) is 74.5 Å². The largest absolute Gasteiger partial charge is 0.337 e. The van der Waals surface area contributed by atoms with Crippen molar-refractivity contribution in [3.63, 3.8) is 0 Å². The number of aryl methyl sites for hydroxylation is 3. The van der Waals surface area contributed by atoms with Crippen molar-refractivity contribution in [3.8, 4) is 0 Å². The number of nitrogens with zero attached hydrogens (tertiary/aromatic N) is 5. The van der Waals surface area contributed by atoms with E-state index in [0.29, 0.717) is 0 Å². The third kappa shape index (κ3) is 5.34. The quantitative estimate of drug-likeness (QED) is 0.534. The van der Waals surface area contributed by atoms with E-state index in [1.165, 1.54) is 11.1 Å². The Balaban J connectivity index is 1.34. The summed E-state index contributed by atoms with van der Waals surface area (Å²) in [4.78, 5) is 21.6. The second-order valence-electron chi connectivity index (χ2n) is 8.52. The van der Waals surface area contributed by atoms with Crippen LogP contribution in [0.1, 0.15) is 38.8 Å². The fourth-order valence-electron chi connectivity index (χ4n) is 4.07. The van der Waals surface area contributed by atoms with Gasteiger partial charge in [0.1, 0.15) is 0 Å². The summed E-state index contributed by atoms with van der Waals surface area (Å²) in [5, 5.41) is 7.93. The Hall–Kier alpha value is -2.77. The number of rotatable bonds is 6. The maximum absolute atomic E-state index is 12.8. The molecule has 0 N–H and O–H groups in total. The van der Waals surface area contributed by atoms with Gasteiger partial charge in [0.25, 0.3) is 0 Å². The Morgan fingerprint density at radius 2 is 1.75 bits per heavy atom. The van der Waals surface area contributed by atoms with Crippen LogP contribution in [0.15, 0.2) is 35.7 Å². The van der Waals surface area contributed by atoms with E-state index in [2.05, 4.69) is 53.4 Å². The topological polar surface area (TPSA) is 54.3 Å². The number of hydrogen-bond acceptors (Lipinski definition) is 5. The summed E-state index contributed by atoms with van der Waals surface area (Å²) in [6.45, 7) is 13.0. The van der Waals surface area contributed by atoms with Crippen LogP contribution in [0.4, 0.5) is 0 Å². The lowest BCUT2D eigenvalue weighted by atomic mass is 10.1. The van der Waals surface area contributed by atoms with Gasteiger partial charge in [0.05, 0.1) is 22.9 Å². The number of carbonyl (C=O) groups is 1. The van der Waals surface area contributed by atoms with Crippen molar-refractivity contribution in [2.24, 2.45) is 0 Å². The Morgan fingerprint density at radius 1 is 1.03 bits per heavy atom. The van der Waals surface area contributed by atoms with Crippen molar-refractivity contribution in [2.75, 3.05) is 26.2 Å². The lowest BCUT2D eigenvalue weighted by molar-refractivity contribution is -0.127. The van der Waals surface area contributed by atoms with Gasteiger partial charge in [-0.3, -0.25) is 14.4 Å². The van der Waals surface area contributed by atoms with Crippen LogP contribution in [0.3, 0.4) is 0 Å². The molecule has 0 aliphatic carbocycles. The highest BCUT2D eigenvalue weighted by Gasteiger charge is 2.20. The summed E-state index contributed by atoms with van der Waals surface area (Å²) >= 11 is 1.69. The molecule has 3 aromatic rings. The normalized spacial score (nSPS) is 15.1. The van der Waals surface area contributed by atoms with Gasteiger partial charge in [0, 0.05) is 55.4 Å². The van der Waals surface area contributed by atoms with E-state index >= 15 is 0 Å². The minimum Gasteiger partial charge on any atom is -0.337 e. The van der Waals surface area contributed by atoms with E-state index in [9.17, 15) is 4.79 Å². The average molecular weight is 450 g/mol. The van der Waals surface area contributed by atoms with Gasteiger partial charge in [-0.1, -0.05) is 29.8 Å². The first kappa shape index (κ1) is 22.4. The molecule has 6 nitrogen and oxygen atoms in total. The predicted molar refractivity (Wildman–Crippen MR) is 130 cm³/mol. The Morgan fingerprint density at radius 3 is 2.41 bits per heavy atom. The zero-order valence-electron chi connectivity index (χ0n) is 19.3. The third-order valence-corrected chi connectivity index (χ3v) is 6.84. The number of benzene rings is 1. The van der Waals surface area contributed by atoms with Crippen LogP contribution < -0.4 is 0 Å². The predicted octanol–water partition coefficient (Wildman–Crippen LogP) is 3.98. The third-order valence-electron chi connectivity index (χ3n) is 6.02. The first-order valence-corrected chi connectivity index (χ1v) is 12.0. The Bertz CT molecular complexity index is 1100. The van der Waals surface area contributed by atoms with Crippen molar-refractivity contribution in [2.45, 2.75) is 40.8 Å². The highest BCUT2D eigenvalue weighted by atomic mass is 32.1. The van der Waals surface area contributed by atoms with Crippen molar-refractivity contribution < 1.29 is 4.79 Å². The number of hydrogen-bond donors (Lipinski definition) is 0. The van der Waals surface area contributed by atoms with Crippen molar-refractivity contribution in [1.82, 2.24) is 24.6 Å². The summed E-state index contributed by atoms with van der Waals surface area (Å²) < 4.78 is 2.02. The number of thiazole rings is 1. The zero-order chi connectivity index (χ0) is 22.7. The fraction of sp³-hybridized carbons (Fsp3) is 0.400. The molecule has 0 radical (unpaired) electrons. The molecule has 1 amide bonds. The minimum absolute atomic E-state index is 0.0687. The van der Waals surface area contributed by atoms with Crippen molar-refractivity contribution in [1.29, 1.82) is 0 Å². The van der Waals surface area contributed by atoms with Crippen LogP contribution in [0.5, 0.6) is 0 Å². The standard InChI is InChI=1S/C25H31N5OS/c1-18-5-7-22(8-6-18)15-30-20(3)24(19(2)27-30)9-10-25(31)29-13-11-28(12-14-29)16-23-17-32-21(4)26-23/h5-10,17H,11-16H2,1-4H3. The van der Waals surface area contributed by atoms with Gasteiger partial charge < -0.3 is 4.90 Å². The second kappa shape index (κ2) is 9.79. The summed E-state index contributed by atoms with van der Waals surface area (Å²) in [6, 6.07) is 8.52. The zero-order valence-corrected chi connectivity index (χ0v) is 20.2. The van der Waals surface area contributed by atoms with Crippen LogP contribution in [0, 0.1) is 27.7 Å². The first-order chi connectivity index (χ1) is 15.4. The average Bonchev–Trinajstić information content (AvgIpc) is 3.30. The highest BCUT2D eigenvalue weighted by molar-refractivity contribution is 7.09. The first-order valence-electron chi connectivity index (χ1n) is 11.1. The number of piperazine rings is 1. The summed E-state index contributed by atoms with van der Waals surface area (Å²) in [5.74, 6) is 0.0687. The molecular formula is C25H31N5OS. The second-order valence-corrected chi connectivity index (χ2v) is 9.58. The van der Waals surface area contributed by atoms with E-state index < -0.39 is 0 Å². The number of carbonyl (C=O) groups excluding carboxylic acids is 1. The maximum Gasteiger partial charge on any atom is 0.246 e. The molecule has 1 aliphatic heterocycles. The molecule has 0 unspecified atom stereocenters. The Kier molecular flexibility index (Phi) is 6.86. The molecule has 1 fully saturated rings. The minimum atomic E-state index is 0.0687. The molecule has 32 heavy (non-hydrogen) atoms. The van der Waals surface area contributed by atoms with Crippen LogP contribution in [-0.4, -0.2) is 56.7 Å². The van der Waals surface area contributed by atoms with Crippen molar-refractivity contribution >= 4 is 23.3 Å². The number of amides is 1. The van der Waals surface area contributed by atoms with Gasteiger partial charge in [0.15, 0.2) is 0 Å². The maximum atomic E-state index is 12.8. The van der Waals surface area contributed by atoms with Gasteiger partial charge in [0.2, 0.25) is 5.91 Å². The van der Waals surface area contributed by atoms with Crippen LogP contribution in [0.2, 0.25) is 0 Å². The molecule has 0 bridgehead atoms. The molecule has 168 valence electrons. The molecule has 1 aliphatic rings. The van der Waals surface area contributed by atoms with Crippen LogP contribution >= 0.6 is 11.3 Å². The van der Waals surface area contributed by atoms with Gasteiger partial charge >= 0.3 is 0 Å². The van der Waals surface area contributed by atoms with E-state index in [-0.39, 0.29) is 5.91 Å². The summed E-state index contributed by atoms with van der Waals surface area (Å²) in [7, 11) is 0. The molecule has 4 rings (SSSR count). The molecule has 0 spiro atoms. The molecule has 3 heterocycles. The van der Waals surface area contributed by atoms with Crippen LogP contribution in [0.25, 0.3) is 6.08 Å². The molecule has 7 heteroatoms. The van der Waals surface area contributed by atoms with Gasteiger partial charge in [-0.05, 0) is 39.3 Å². The molecule has 0 saturated carbocycles. The lowest BCUT2D eigenvalue weighted by Crippen LogP contribution is -2.47. The van der Waals surface area contributed by atoms with Crippen LogP contribution in [-0.2, 0) is 17.9 Å². The number of aromatic nitrogens is 3. The molecule has 2 aromatic heterocycles. The lowest BCUT2D eigenvalue weighted by Gasteiger charge is -2.33. The summed E-state index contributed by atoms with van der Waals surface area (Å²) in [6.07, 6.45) is 3.63. The summed E-state index contributed by atoms with van der Waals surface area (Å²) in [5.41, 5.74) is 6.66. The SMILES string of the molecule is Cc1ccc(Cn2nc(C)c(C=CC(=O)N3CCN(Cc4csc(C)n4)CC3)c2C)cc1. The van der Waals surface area contributed by atoms with Gasteiger partial charge in [-0.15, -0.1) is 11.3 Å². The highest BCUT2D eigenvalue weighted by Crippen LogP contribution is 2.18. The van der Waals surface area contributed by atoms with E-state index in [4.69, 9.17) is 5.10 Å². The van der Waals surface area contributed by atoms with E-state index in [1.54, 1.807) is 17.4 Å².